The van der Waals surface area contributed by atoms with Crippen molar-refractivity contribution in [3.63, 3.8) is 0 Å². The van der Waals surface area contributed by atoms with E-state index in [0.717, 1.165) is 32.7 Å². The Labute approximate surface area is 139 Å². The molecule has 1 aromatic rings. The molecule has 0 spiro atoms. The summed E-state index contributed by atoms with van der Waals surface area (Å²) in [5.41, 5.74) is 0. The average molecular weight is 343 g/mol. The van der Waals surface area contributed by atoms with Gasteiger partial charge in [0.2, 0.25) is 0 Å². The van der Waals surface area contributed by atoms with Crippen LogP contribution in [-0.4, -0.2) is 73.1 Å². The minimum Gasteiger partial charge on any atom is -0.334 e. The third kappa shape index (κ3) is 4.76. The van der Waals surface area contributed by atoms with Gasteiger partial charge in [-0.2, -0.15) is 0 Å². The van der Waals surface area contributed by atoms with Crippen molar-refractivity contribution >= 4 is 10.0 Å². The number of piperazine rings is 1. The fourth-order valence-electron chi connectivity index (χ4n) is 2.69. The maximum Gasteiger partial charge on any atom is 0.259 e. The minimum atomic E-state index is -3.54. The van der Waals surface area contributed by atoms with E-state index in [4.69, 9.17) is 0 Å². The molecule has 0 aliphatic carbocycles. The molecule has 2 heterocycles. The summed E-state index contributed by atoms with van der Waals surface area (Å²) in [5.74, 6) is 0. The Hall–Kier alpha value is -0.960. The van der Waals surface area contributed by atoms with Crippen molar-refractivity contribution in [1.29, 1.82) is 0 Å². The molecule has 2 rings (SSSR count). The van der Waals surface area contributed by atoms with Gasteiger partial charge in [-0.25, -0.2) is 18.1 Å². The second-order valence-electron chi connectivity index (χ2n) is 6.42. The molecular weight excluding hydrogens is 314 g/mol. The Morgan fingerprint density at radius 3 is 2.39 bits per heavy atom. The summed E-state index contributed by atoms with van der Waals surface area (Å²) in [6.45, 7) is 13.8. The molecule has 1 unspecified atom stereocenters. The summed E-state index contributed by atoms with van der Waals surface area (Å²) in [6.07, 6.45) is 3.14. The van der Waals surface area contributed by atoms with E-state index < -0.39 is 10.0 Å². The zero-order chi connectivity index (χ0) is 17.0. The molecule has 0 amide bonds. The van der Waals surface area contributed by atoms with E-state index in [1.54, 1.807) is 17.1 Å². The first kappa shape index (κ1) is 18.4. The average Bonchev–Trinajstić information content (AvgIpc) is 3.04. The number of likely N-dealkylation sites (N-methyl/N-ethyl adjacent to an activating group) is 1. The van der Waals surface area contributed by atoms with Crippen LogP contribution in [0.3, 0.4) is 0 Å². The van der Waals surface area contributed by atoms with Crippen molar-refractivity contribution in [2.75, 3.05) is 39.3 Å². The van der Waals surface area contributed by atoms with Crippen molar-refractivity contribution in [3.8, 4) is 0 Å². The molecule has 1 fully saturated rings. The van der Waals surface area contributed by atoms with E-state index in [0.29, 0.717) is 6.54 Å². The lowest BCUT2D eigenvalue weighted by atomic mass is 10.2. The van der Waals surface area contributed by atoms with Gasteiger partial charge in [0.25, 0.3) is 10.0 Å². The highest BCUT2D eigenvalue weighted by molar-refractivity contribution is 7.89. The number of nitrogens with zero attached hydrogens (tertiary/aromatic N) is 4. The van der Waals surface area contributed by atoms with Crippen LogP contribution < -0.4 is 4.72 Å². The second-order valence-corrected chi connectivity index (χ2v) is 8.14. The first-order valence-electron chi connectivity index (χ1n) is 8.33. The van der Waals surface area contributed by atoms with Gasteiger partial charge in [0.1, 0.15) is 0 Å². The van der Waals surface area contributed by atoms with E-state index in [1.165, 1.54) is 0 Å². The Bertz CT molecular complexity index is 591. The standard InChI is InChI=1S/C15H29N5O2S/c1-5-18-6-8-19(9-7-18)14(4)10-17-23(21,22)15-11-20(12-16-15)13(2)3/h11-14,17H,5-10H2,1-4H3. The van der Waals surface area contributed by atoms with Gasteiger partial charge in [-0.05, 0) is 27.3 Å². The fraction of sp³-hybridized carbons (Fsp3) is 0.800. The monoisotopic (exact) mass is 343 g/mol. The molecule has 0 aromatic carbocycles. The van der Waals surface area contributed by atoms with Crippen LogP contribution in [0.5, 0.6) is 0 Å². The van der Waals surface area contributed by atoms with Crippen LogP contribution in [0, 0.1) is 0 Å². The van der Waals surface area contributed by atoms with Crippen LogP contribution in [0.4, 0.5) is 0 Å². The van der Waals surface area contributed by atoms with Gasteiger partial charge < -0.3 is 9.47 Å². The summed E-state index contributed by atoms with van der Waals surface area (Å²) in [7, 11) is -3.54. The summed E-state index contributed by atoms with van der Waals surface area (Å²) in [6, 6.07) is 0.371. The number of imidazole rings is 1. The predicted octanol–water partition coefficient (Wildman–Crippen LogP) is 0.768. The number of aromatic nitrogens is 2. The molecule has 0 bridgehead atoms. The van der Waals surface area contributed by atoms with E-state index in [2.05, 4.69) is 33.4 Å². The number of hydrogen-bond donors (Lipinski definition) is 1. The first-order chi connectivity index (χ1) is 10.8. The van der Waals surface area contributed by atoms with Gasteiger partial charge in [-0.3, -0.25) is 4.90 Å². The molecule has 1 aliphatic rings. The largest absolute Gasteiger partial charge is 0.334 e. The lowest BCUT2D eigenvalue weighted by Crippen LogP contribution is -2.52. The van der Waals surface area contributed by atoms with Gasteiger partial charge in [-0.15, -0.1) is 0 Å². The number of hydrogen-bond acceptors (Lipinski definition) is 5. The molecule has 132 valence electrons. The maximum absolute atomic E-state index is 12.3. The third-order valence-corrected chi connectivity index (χ3v) is 5.80. The number of rotatable bonds is 7. The van der Waals surface area contributed by atoms with Gasteiger partial charge in [0.05, 0.1) is 6.33 Å². The fourth-order valence-corrected chi connectivity index (χ4v) is 3.75. The van der Waals surface area contributed by atoms with Crippen LogP contribution in [0.15, 0.2) is 17.6 Å². The van der Waals surface area contributed by atoms with Crippen LogP contribution >= 0.6 is 0 Å². The van der Waals surface area contributed by atoms with Gasteiger partial charge >= 0.3 is 0 Å². The van der Waals surface area contributed by atoms with Crippen LogP contribution in [0.25, 0.3) is 0 Å². The molecule has 7 nitrogen and oxygen atoms in total. The highest BCUT2D eigenvalue weighted by Crippen LogP contribution is 2.11. The third-order valence-electron chi connectivity index (χ3n) is 4.50. The lowest BCUT2D eigenvalue weighted by Gasteiger charge is -2.37. The predicted molar refractivity (Wildman–Crippen MR) is 90.9 cm³/mol. The summed E-state index contributed by atoms with van der Waals surface area (Å²) in [5, 5.41) is 0.0919. The Morgan fingerprint density at radius 1 is 1.22 bits per heavy atom. The summed E-state index contributed by atoms with van der Waals surface area (Å²) in [4.78, 5) is 8.76. The first-order valence-corrected chi connectivity index (χ1v) is 9.81. The number of sulfonamides is 1. The highest BCUT2D eigenvalue weighted by atomic mass is 32.2. The molecule has 0 radical (unpaired) electrons. The molecule has 1 saturated heterocycles. The van der Waals surface area contributed by atoms with E-state index >= 15 is 0 Å². The maximum atomic E-state index is 12.3. The molecule has 1 aliphatic heterocycles. The zero-order valence-electron chi connectivity index (χ0n) is 14.6. The van der Waals surface area contributed by atoms with Crippen molar-refractivity contribution in [2.24, 2.45) is 0 Å². The second kappa shape index (κ2) is 7.74. The SMILES string of the molecule is CCN1CCN(C(C)CNS(=O)(=O)c2cn(C(C)C)cn2)CC1. The normalized spacial score (nSPS) is 19.3. The molecule has 1 N–H and O–H groups in total. The zero-order valence-corrected chi connectivity index (χ0v) is 15.4. The van der Waals surface area contributed by atoms with Gasteiger partial charge in [-0.1, -0.05) is 6.92 Å². The van der Waals surface area contributed by atoms with Crippen LogP contribution in [0.2, 0.25) is 0 Å². The molecule has 23 heavy (non-hydrogen) atoms. The van der Waals surface area contributed by atoms with Crippen molar-refractivity contribution in [1.82, 2.24) is 24.1 Å². The lowest BCUT2D eigenvalue weighted by molar-refractivity contribution is 0.107. The van der Waals surface area contributed by atoms with Crippen molar-refractivity contribution < 1.29 is 8.42 Å². The Morgan fingerprint density at radius 2 is 1.87 bits per heavy atom. The van der Waals surface area contributed by atoms with Gasteiger partial charge in [0, 0.05) is 51.0 Å². The van der Waals surface area contributed by atoms with E-state index in [1.807, 2.05) is 13.8 Å². The highest BCUT2D eigenvalue weighted by Gasteiger charge is 2.23. The molecule has 1 aromatic heterocycles. The Kier molecular flexibility index (Phi) is 6.19. The smallest absolute Gasteiger partial charge is 0.259 e. The van der Waals surface area contributed by atoms with Crippen molar-refractivity contribution in [3.05, 3.63) is 12.5 Å². The molecular formula is C15H29N5O2S. The van der Waals surface area contributed by atoms with Gasteiger partial charge in [0.15, 0.2) is 5.03 Å². The van der Waals surface area contributed by atoms with E-state index in [9.17, 15) is 8.42 Å². The quantitative estimate of drug-likeness (QED) is 0.792. The molecule has 1 atom stereocenters. The topological polar surface area (TPSA) is 70.5 Å². The number of nitrogens with one attached hydrogen (secondary N) is 1. The van der Waals surface area contributed by atoms with Crippen LogP contribution in [0.1, 0.15) is 33.7 Å². The molecule has 0 saturated carbocycles. The summed E-state index contributed by atoms with van der Waals surface area (Å²) < 4.78 is 29.2. The van der Waals surface area contributed by atoms with Crippen molar-refractivity contribution in [2.45, 2.75) is 44.8 Å². The van der Waals surface area contributed by atoms with Crippen LogP contribution in [-0.2, 0) is 10.0 Å². The van der Waals surface area contributed by atoms with E-state index in [-0.39, 0.29) is 17.1 Å². The summed E-state index contributed by atoms with van der Waals surface area (Å²) >= 11 is 0. The Balaban J connectivity index is 1.88. The minimum absolute atomic E-state index is 0.0919. The molecule has 8 heteroatoms.